The van der Waals surface area contributed by atoms with Gasteiger partial charge in [-0.05, 0) is 98.6 Å². The van der Waals surface area contributed by atoms with E-state index in [4.69, 9.17) is 29.2 Å². The highest BCUT2D eigenvalue weighted by Gasteiger charge is 2.61. The van der Waals surface area contributed by atoms with E-state index in [2.05, 4.69) is 23.8 Å². The first kappa shape index (κ1) is 40.0. The van der Waals surface area contributed by atoms with Gasteiger partial charge in [0.25, 0.3) is 0 Å². The van der Waals surface area contributed by atoms with Crippen molar-refractivity contribution in [3.8, 4) is 0 Å². The van der Waals surface area contributed by atoms with Gasteiger partial charge in [0, 0.05) is 58.8 Å². The Labute approximate surface area is 338 Å². The molecule has 0 amide bonds. The van der Waals surface area contributed by atoms with Crippen LogP contribution in [0.3, 0.4) is 0 Å². The largest absolute Gasteiger partial charge is 0.510 e. The van der Waals surface area contributed by atoms with E-state index in [1.807, 2.05) is 58.1 Å². The quantitative estimate of drug-likeness (QED) is 0.124. The number of hydrogen-bond donors (Lipinski definition) is 2. The summed E-state index contributed by atoms with van der Waals surface area (Å²) >= 11 is 0. The van der Waals surface area contributed by atoms with Crippen LogP contribution in [0.15, 0.2) is 144 Å². The van der Waals surface area contributed by atoms with E-state index >= 15 is 0 Å². The van der Waals surface area contributed by atoms with Gasteiger partial charge in [-0.15, -0.1) is 0 Å². The van der Waals surface area contributed by atoms with Gasteiger partial charge in [-0.1, -0.05) is 32.6 Å². The molecule has 12 nitrogen and oxygen atoms in total. The molecule has 1 unspecified atom stereocenters. The fraction of sp³-hybridized carbons (Fsp3) is 0.370. The molecule has 1 aliphatic carbocycles. The summed E-state index contributed by atoms with van der Waals surface area (Å²) in [6.45, 7) is 14.2. The lowest BCUT2D eigenvalue weighted by molar-refractivity contribution is -0.157. The van der Waals surface area contributed by atoms with Crippen molar-refractivity contribution in [3.05, 3.63) is 134 Å². The van der Waals surface area contributed by atoms with Crippen LogP contribution < -0.4 is 5.32 Å². The van der Waals surface area contributed by atoms with Crippen molar-refractivity contribution >= 4 is 35.0 Å². The van der Waals surface area contributed by atoms with Crippen LogP contribution in [0.25, 0.3) is 0 Å². The lowest BCUT2D eigenvalue weighted by Crippen LogP contribution is -2.40. The summed E-state index contributed by atoms with van der Waals surface area (Å²) in [7, 11) is 2.57. The van der Waals surface area contributed by atoms with Crippen molar-refractivity contribution in [2.45, 2.75) is 73.1 Å². The van der Waals surface area contributed by atoms with E-state index in [-0.39, 0.29) is 24.7 Å². The Morgan fingerprint density at radius 3 is 2.43 bits per heavy atom. The molecule has 300 valence electrons. The van der Waals surface area contributed by atoms with Crippen molar-refractivity contribution in [2.24, 2.45) is 32.2 Å². The van der Waals surface area contributed by atoms with E-state index in [0.29, 0.717) is 65.2 Å². The third kappa shape index (κ3) is 6.73. The van der Waals surface area contributed by atoms with E-state index in [1.54, 1.807) is 18.5 Å². The number of methoxy groups -OCH3 is 2. The zero-order valence-electron chi connectivity index (χ0n) is 34.1. The first-order chi connectivity index (χ1) is 27.9. The molecule has 2 N–H and O–H groups in total. The number of aliphatic hydroxyl groups excluding tert-OH is 1. The lowest BCUT2D eigenvalue weighted by Gasteiger charge is -2.30. The summed E-state index contributed by atoms with van der Waals surface area (Å²) in [6, 6.07) is 3.80. The molecule has 0 saturated carbocycles. The number of aromatic nitrogens is 1. The minimum atomic E-state index is -2.02. The van der Waals surface area contributed by atoms with Gasteiger partial charge in [0.15, 0.2) is 5.41 Å². The van der Waals surface area contributed by atoms with Crippen molar-refractivity contribution in [2.75, 3.05) is 20.8 Å². The highest BCUT2D eigenvalue weighted by molar-refractivity contribution is 6.26. The van der Waals surface area contributed by atoms with Crippen LogP contribution in [0.2, 0.25) is 0 Å². The number of rotatable bonds is 12. The number of carbonyl (C=O) groups is 3. The molecule has 0 aromatic carbocycles. The fourth-order valence-corrected chi connectivity index (χ4v) is 8.83. The van der Waals surface area contributed by atoms with Crippen LogP contribution >= 0.6 is 0 Å². The zero-order chi connectivity index (χ0) is 41.5. The number of aliphatic hydroxyl groups is 1. The topological polar surface area (TPSA) is 161 Å². The number of aryl methyl sites for hydroxylation is 1. The number of pyridine rings is 1. The molecule has 1 fully saturated rings. The van der Waals surface area contributed by atoms with Gasteiger partial charge < -0.3 is 24.6 Å². The molecular weight excluding hydrogens is 735 g/mol. The molecule has 0 radical (unpaired) electrons. The van der Waals surface area contributed by atoms with Crippen LogP contribution in [-0.4, -0.2) is 66.0 Å². The van der Waals surface area contributed by atoms with Crippen LogP contribution in [0.1, 0.15) is 72.3 Å². The second-order valence-corrected chi connectivity index (χ2v) is 15.2. The zero-order valence-corrected chi connectivity index (χ0v) is 34.1. The Morgan fingerprint density at radius 1 is 0.983 bits per heavy atom. The van der Waals surface area contributed by atoms with E-state index < -0.39 is 35.7 Å². The number of nitrogens with one attached hydrogen (secondary N) is 1. The Balaban J connectivity index is 1.44. The standard InChI is InChI=1S/C46H49N5O7/c1-9-29-24(3)32-19-34-26(5)31(15-16-38(52)56-7)42(50-34)41-43-40(27(6)35(51-43)21-37-30(10-2)25(4)33(49-37)20-36(29)48-32)44(54)46(41,45(55)57-8)22-39(53)58-18-12-14-28-13-11-17-47-23-28/h9,11,13,17,19-21,23,26,31,50,54H,1,10,12,14-16,18,22H2,2-8H3/t26-,31-,46?/m0/s1. The summed E-state index contributed by atoms with van der Waals surface area (Å²) in [5, 5.41) is 16.2. The van der Waals surface area contributed by atoms with E-state index in [9.17, 15) is 19.5 Å². The summed E-state index contributed by atoms with van der Waals surface area (Å²) in [5.74, 6) is -2.93. The van der Waals surface area contributed by atoms with Crippen LogP contribution in [0.4, 0.5) is 0 Å². The minimum Gasteiger partial charge on any atom is -0.510 e. The number of allylic oxidation sites excluding steroid dienone is 11. The molecule has 12 heteroatoms. The second-order valence-electron chi connectivity index (χ2n) is 15.2. The number of hydrogen-bond acceptors (Lipinski definition) is 12. The minimum absolute atomic E-state index is 0.0772. The number of aliphatic imine (C=N–C) groups is 3. The van der Waals surface area contributed by atoms with Crippen molar-refractivity contribution in [3.63, 3.8) is 0 Å². The van der Waals surface area contributed by atoms with Crippen LogP contribution in [0.5, 0.6) is 0 Å². The molecule has 8 bridgehead atoms. The molecule has 0 spiro atoms. The normalized spacial score (nSPS) is 23.4. The van der Waals surface area contributed by atoms with Crippen molar-refractivity contribution in [1.82, 2.24) is 10.3 Å². The maximum atomic E-state index is 14.5. The summed E-state index contributed by atoms with van der Waals surface area (Å²) in [4.78, 5) is 60.5. The number of fused-ring (bicyclic) bond motifs is 5. The Bertz CT molecular complexity index is 2380. The Morgan fingerprint density at radius 2 is 1.74 bits per heavy atom. The summed E-state index contributed by atoms with van der Waals surface area (Å²) < 4.78 is 16.3. The number of nitrogens with zero attached hydrogens (tertiary/aromatic N) is 4. The molecule has 3 atom stereocenters. The Hall–Kier alpha value is -6.17. The molecule has 7 rings (SSSR count). The highest BCUT2D eigenvalue weighted by Crippen LogP contribution is 2.56. The summed E-state index contributed by atoms with van der Waals surface area (Å²) in [5.41, 5.74) is 9.28. The predicted molar refractivity (Wildman–Crippen MR) is 221 cm³/mol. The van der Waals surface area contributed by atoms with Crippen LogP contribution in [0, 0.1) is 17.3 Å². The molecule has 1 aromatic rings. The van der Waals surface area contributed by atoms with Gasteiger partial charge in [0.05, 0.1) is 61.5 Å². The first-order valence-corrected chi connectivity index (χ1v) is 19.7. The average Bonchev–Trinajstić information content (AvgIpc) is 3.95. The van der Waals surface area contributed by atoms with E-state index in [0.717, 1.165) is 50.7 Å². The molecule has 58 heavy (non-hydrogen) atoms. The lowest BCUT2D eigenvalue weighted by atomic mass is 9.74. The predicted octanol–water partition coefficient (Wildman–Crippen LogP) is 7.53. The van der Waals surface area contributed by atoms with Gasteiger partial charge in [-0.25, -0.2) is 15.0 Å². The fourth-order valence-electron chi connectivity index (χ4n) is 8.83. The van der Waals surface area contributed by atoms with E-state index in [1.165, 1.54) is 14.2 Å². The van der Waals surface area contributed by atoms with Gasteiger partial charge >= 0.3 is 17.9 Å². The Kier molecular flexibility index (Phi) is 11.0. The smallest absolute Gasteiger partial charge is 0.324 e. The maximum Gasteiger partial charge on any atom is 0.324 e. The molecule has 5 aliphatic heterocycles. The average molecular weight is 784 g/mol. The van der Waals surface area contributed by atoms with Gasteiger partial charge in [0.2, 0.25) is 0 Å². The molecule has 6 heterocycles. The highest BCUT2D eigenvalue weighted by atomic mass is 16.5. The van der Waals surface area contributed by atoms with Crippen molar-refractivity contribution < 1.29 is 33.7 Å². The number of ether oxygens (including phenoxy) is 3. The SMILES string of the molecule is C=CC1=C(C)C2=NC1=CC1=NC(=CC3=C(C)C4=C(O)C(CC(=O)OCCCc5cccnc5)(C(=O)OC)C(=C5NC(=C2)[C@@H](C)[C@@H]5CCC(=O)OC)C4=N3)C(CC)=C1C. The monoisotopic (exact) mass is 783 g/mol. The third-order valence-electron chi connectivity index (χ3n) is 12.1. The first-order valence-electron chi connectivity index (χ1n) is 19.7. The van der Waals surface area contributed by atoms with Gasteiger partial charge in [0.1, 0.15) is 5.76 Å². The maximum absolute atomic E-state index is 14.5. The summed E-state index contributed by atoms with van der Waals surface area (Å²) in [6.07, 6.45) is 12.9. The van der Waals surface area contributed by atoms with Crippen molar-refractivity contribution in [1.29, 1.82) is 0 Å². The molecule has 1 saturated heterocycles. The second kappa shape index (κ2) is 16.0. The van der Waals surface area contributed by atoms with Crippen LogP contribution in [-0.2, 0) is 35.0 Å². The number of esters is 3. The number of carbonyl (C=O) groups excluding carboxylic acids is 3. The van der Waals surface area contributed by atoms with Gasteiger partial charge in [-0.3, -0.25) is 19.4 Å². The molecule has 1 aromatic heterocycles. The molecule has 6 aliphatic rings. The van der Waals surface area contributed by atoms with Gasteiger partial charge in [-0.2, -0.15) is 0 Å². The molecular formula is C46H49N5O7. The third-order valence-corrected chi connectivity index (χ3v) is 12.1.